The van der Waals surface area contributed by atoms with Gasteiger partial charge < -0.3 is 11.1 Å². The van der Waals surface area contributed by atoms with Gasteiger partial charge in [0.2, 0.25) is 0 Å². The fourth-order valence-corrected chi connectivity index (χ4v) is 1.39. The summed E-state index contributed by atoms with van der Waals surface area (Å²) in [6, 6.07) is 0. The minimum atomic E-state index is -0.313. The van der Waals surface area contributed by atoms with Crippen LogP contribution in [0, 0.1) is 0 Å². The summed E-state index contributed by atoms with van der Waals surface area (Å²) in [5, 5.41) is 19.7. The minimum absolute atomic E-state index is 0.184. The maximum atomic E-state index is 11.9. The van der Waals surface area contributed by atoms with Crippen LogP contribution in [0.25, 0.3) is 0 Å². The first-order valence-corrected chi connectivity index (χ1v) is 5.04. The quantitative estimate of drug-likeness (QED) is 0.620. The molecule has 1 amide bonds. The zero-order chi connectivity index (χ0) is 12.3. The number of hydrogen-bond donors (Lipinski definition) is 3. The standard InChI is InChI=1S/C8H12N8O/c1-2-16-7(5(9)3-11-16)8(17)10-4-6-12-14-15-13-6/h3H,2,4,9H2,1H3,(H,10,17)(H,12,13,14,15). The van der Waals surface area contributed by atoms with Gasteiger partial charge in [-0.05, 0) is 6.92 Å². The molecular weight excluding hydrogens is 224 g/mol. The minimum Gasteiger partial charge on any atom is -0.396 e. The SMILES string of the molecule is CCn1ncc(N)c1C(=O)NCc1nn[nH]n1. The molecule has 0 bridgehead atoms. The van der Waals surface area contributed by atoms with Gasteiger partial charge in [-0.1, -0.05) is 5.21 Å². The number of anilines is 1. The Hall–Kier alpha value is -2.45. The van der Waals surface area contributed by atoms with Gasteiger partial charge >= 0.3 is 0 Å². The lowest BCUT2D eigenvalue weighted by molar-refractivity contribution is 0.0940. The van der Waals surface area contributed by atoms with Crippen molar-refractivity contribution in [2.24, 2.45) is 0 Å². The fraction of sp³-hybridized carbons (Fsp3) is 0.375. The van der Waals surface area contributed by atoms with Gasteiger partial charge in [0.15, 0.2) is 5.82 Å². The maximum absolute atomic E-state index is 11.9. The summed E-state index contributed by atoms with van der Waals surface area (Å²) in [5.41, 5.74) is 6.36. The molecule has 0 aliphatic carbocycles. The summed E-state index contributed by atoms with van der Waals surface area (Å²) in [6.45, 7) is 2.63. The van der Waals surface area contributed by atoms with Crippen LogP contribution in [0.2, 0.25) is 0 Å². The number of aromatic amines is 1. The van der Waals surface area contributed by atoms with Gasteiger partial charge in [-0.25, -0.2) is 0 Å². The van der Waals surface area contributed by atoms with Crippen molar-refractivity contribution in [3.63, 3.8) is 0 Å². The molecule has 0 saturated carbocycles. The molecule has 0 aliphatic heterocycles. The van der Waals surface area contributed by atoms with Crippen LogP contribution in [-0.4, -0.2) is 36.3 Å². The van der Waals surface area contributed by atoms with Crippen molar-refractivity contribution >= 4 is 11.6 Å². The molecule has 0 fully saturated rings. The van der Waals surface area contributed by atoms with Crippen LogP contribution in [0.15, 0.2) is 6.20 Å². The number of amides is 1. The molecular formula is C8H12N8O. The van der Waals surface area contributed by atoms with Gasteiger partial charge in [-0.15, -0.1) is 10.2 Å². The molecule has 4 N–H and O–H groups in total. The Morgan fingerprint density at radius 1 is 1.65 bits per heavy atom. The molecule has 0 saturated heterocycles. The summed E-state index contributed by atoms with van der Waals surface area (Å²) in [5.74, 6) is 0.0890. The van der Waals surface area contributed by atoms with Crippen LogP contribution in [0.1, 0.15) is 23.2 Å². The van der Waals surface area contributed by atoms with Crippen molar-refractivity contribution in [2.45, 2.75) is 20.0 Å². The van der Waals surface area contributed by atoms with E-state index in [1.165, 1.54) is 10.9 Å². The molecule has 0 radical (unpaired) electrons. The Balaban J connectivity index is 2.06. The number of carbonyl (C=O) groups is 1. The van der Waals surface area contributed by atoms with Gasteiger partial charge in [0.1, 0.15) is 5.69 Å². The lowest BCUT2D eigenvalue weighted by Crippen LogP contribution is -2.27. The molecule has 9 nitrogen and oxygen atoms in total. The summed E-state index contributed by atoms with van der Waals surface area (Å²) in [6.07, 6.45) is 1.45. The molecule has 2 aromatic rings. The maximum Gasteiger partial charge on any atom is 0.272 e. The predicted octanol–water partition coefficient (Wildman–Crippen LogP) is -1.07. The van der Waals surface area contributed by atoms with E-state index in [4.69, 9.17) is 5.73 Å². The van der Waals surface area contributed by atoms with Gasteiger partial charge in [0.25, 0.3) is 5.91 Å². The molecule has 0 aliphatic rings. The number of nitrogens with zero attached hydrogens (tertiary/aromatic N) is 5. The molecule has 90 valence electrons. The van der Waals surface area contributed by atoms with E-state index < -0.39 is 0 Å². The van der Waals surface area contributed by atoms with E-state index in [2.05, 4.69) is 31.0 Å². The largest absolute Gasteiger partial charge is 0.396 e. The van der Waals surface area contributed by atoms with E-state index >= 15 is 0 Å². The average molecular weight is 236 g/mol. The van der Waals surface area contributed by atoms with E-state index in [-0.39, 0.29) is 12.5 Å². The van der Waals surface area contributed by atoms with Gasteiger partial charge in [0.05, 0.1) is 18.4 Å². The normalized spacial score (nSPS) is 10.4. The summed E-state index contributed by atoms with van der Waals surface area (Å²) in [4.78, 5) is 11.9. The van der Waals surface area contributed by atoms with Crippen molar-refractivity contribution in [1.29, 1.82) is 0 Å². The molecule has 2 heterocycles. The third-order valence-electron chi connectivity index (χ3n) is 2.18. The van der Waals surface area contributed by atoms with Gasteiger partial charge in [-0.2, -0.15) is 10.3 Å². The topological polar surface area (TPSA) is 127 Å². The first-order chi connectivity index (χ1) is 8.22. The van der Waals surface area contributed by atoms with Crippen LogP contribution < -0.4 is 11.1 Å². The lowest BCUT2D eigenvalue weighted by atomic mass is 10.3. The van der Waals surface area contributed by atoms with Crippen molar-refractivity contribution in [3.05, 3.63) is 17.7 Å². The van der Waals surface area contributed by atoms with Crippen molar-refractivity contribution in [2.75, 3.05) is 5.73 Å². The fourth-order valence-electron chi connectivity index (χ4n) is 1.39. The second-order valence-corrected chi connectivity index (χ2v) is 3.27. The second-order valence-electron chi connectivity index (χ2n) is 3.27. The number of nitrogen functional groups attached to an aromatic ring is 1. The Bertz CT molecular complexity index is 502. The van der Waals surface area contributed by atoms with Crippen LogP contribution >= 0.6 is 0 Å². The molecule has 0 spiro atoms. The zero-order valence-corrected chi connectivity index (χ0v) is 9.21. The highest BCUT2D eigenvalue weighted by Gasteiger charge is 2.16. The van der Waals surface area contributed by atoms with Gasteiger partial charge in [0, 0.05) is 6.54 Å². The number of hydrogen-bond acceptors (Lipinski definition) is 6. The van der Waals surface area contributed by atoms with Crippen LogP contribution in [-0.2, 0) is 13.1 Å². The molecule has 2 aromatic heterocycles. The van der Waals surface area contributed by atoms with E-state index in [1.54, 1.807) is 0 Å². The number of aryl methyl sites for hydroxylation is 1. The highest BCUT2D eigenvalue weighted by molar-refractivity contribution is 5.97. The second kappa shape index (κ2) is 4.60. The first-order valence-electron chi connectivity index (χ1n) is 5.04. The van der Waals surface area contributed by atoms with Crippen molar-refractivity contribution in [3.8, 4) is 0 Å². The molecule has 0 atom stereocenters. The number of H-pyrrole nitrogens is 1. The molecule has 9 heteroatoms. The number of aromatic nitrogens is 6. The molecule has 0 aromatic carbocycles. The van der Waals surface area contributed by atoms with E-state index in [1.807, 2.05) is 6.92 Å². The number of tetrazole rings is 1. The summed E-state index contributed by atoms with van der Waals surface area (Å²) < 4.78 is 1.53. The van der Waals surface area contributed by atoms with E-state index in [0.717, 1.165) is 0 Å². The summed E-state index contributed by atoms with van der Waals surface area (Å²) >= 11 is 0. The predicted molar refractivity (Wildman–Crippen MR) is 57.7 cm³/mol. The van der Waals surface area contributed by atoms with Crippen molar-refractivity contribution < 1.29 is 4.79 Å². The lowest BCUT2D eigenvalue weighted by Gasteiger charge is -2.05. The summed E-state index contributed by atoms with van der Waals surface area (Å²) in [7, 11) is 0. The average Bonchev–Trinajstić information content (AvgIpc) is 2.94. The Labute approximate surface area is 96.4 Å². The molecule has 0 unspecified atom stereocenters. The third kappa shape index (κ3) is 2.22. The number of nitrogens with two attached hydrogens (primary N) is 1. The molecule has 17 heavy (non-hydrogen) atoms. The van der Waals surface area contributed by atoms with Crippen LogP contribution in [0.3, 0.4) is 0 Å². The van der Waals surface area contributed by atoms with Crippen LogP contribution in [0.4, 0.5) is 5.69 Å². The highest BCUT2D eigenvalue weighted by Crippen LogP contribution is 2.10. The van der Waals surface area contributed by atoms with E-state index in [9.17, 15) is 4.79 Å². The number of nitrogens with one attached hydrogen (secondary N) is 2. The van der Waals surface area contributed by atoms with Crippen LogP contribution in [0.5, 0.6) is 0 Å². The zero-order valence-electron chi connectivity index (χ0n) is 9.21. The number of carbonyl (C=O) groups excluding carboxylic acids is 1. The Morgan fingerprint density at radius 3 is 3.12 bits per heavy atom. The smallest absolute Gasteiger partial charge is 0.272 e. The Kier molecular flexibility index (Phi) is 2.99. The van der Waals surface area contributed by atoms with E-state index in [0.29, 0.717) is 23.8 Å². The van der Waals surface area contributed by atoms with Crippen molar-refractivity contribution in [1.82, 2.24) is 35.7 Å². The van der Waals surface area contributed by atoms with Gasteiger partial charge in [-0.3, -0.25) is 9.48 Å². The first kappa shape index (κ1) is 11.0. The monoisotopic (exact) mass is 236 g/mol. The Morgan fingerprint density at radius 2 is 2.47 bits per heavy atom. The molecule has 2 rings (SSSR count). The third-order valence-corrected chi connectivity index (χ3v) is 2.18. The highest BCUT2D eigenvalue weighted by atomic mass is 16.2. The number of rotatable bonds is 4.